The molecule has 0 aliphatic carbocycles. The van der Waals surface area contributed by atoms with Crippen LogP contribution in [0.1, 0.15) is 45.7 Å². The Morgan fingerprint density at radius 2 is 2.05 bits per heavy atom. The maximum Gasteiger partial charge on any atom is 0.214 e. The normalized spacial score (nSPS) is 21.0. The molecule has 1 unspecified atom stereocenters. The Labute approximate surface area is 126 Å². The Morgan fingerprint density at radius 1 is 1.38 bits per heavy atom. The molecule has 6 heteroatoms. The van der Waals surface area contributed by atoms with E-state index in [1.807, 2.05) is 13.8 Å². The van der Waals surface area contributed by atoms with E-state index in [1.165, 1.54) is 16.4 Å². The maximum atomic E-state index is 13.6. The molecule has 0 radical (unpaired) electrons. The van der Waals surface area contributed by atoms with E-state index in [1.54, 1.807) is 19.9 Å². The van der Waals surface area contributed by atoms with E-state index in [2.05, 4.69) is 0 Å². The molecule has 118 valence electrons. The summed E-state index contributed by atoms with van der Waals surface area (Å²) in [7, 11) is -3.36. The number of rotatable bonds is 4. The van der Waals surface area contributed by atoms with Crippen molar-refractivity contribution >= 4 is 10.0 Å². The highest BCUT2D eigenvalue weighted by Crippen LogP contribution is 2.43. The molecule has 0 saturated heterocycles. The topological polar surface area (TPSA) is 46.6 Å². The van der Waals surface area contributed by atoms with Gasteiger partial charge in [-0.1, -0.05) is 6.92 Å². The smallest absolute Gasteiger partial charge is 0.214 e. The molecule has 0 fully saturated rings. The molecular weight excluding hydrogens is 293 g/mol. The van der Waals surface area contributed by atoms with Crippen molar-refractivity contribution in [2.75, 3.05) is 12.3 Å². The highest BCUT2D eigenvalue weighted by molar-refractivity contribution is 7.89. The van der Waals surface area contributed by atoms with Gasteiger partial charge < -0.3 is 4.74 Å². The number of hydrogen-bond acceptors (Lipinski definition) is 3. The molecule has 1 aliphatic heterocycles. The van der Waals surface area contributed by atoms with E-state index in [0.717, 1.165) is 0 Å². The Balaban J connectivity index is 2.55. The number of fused-ring (bicyclic) bond motifs is 1. The summed E-state index contributed by atoms with van der Waals surface area (Å²) in [5, 5.41) is 0. The predicted molar refractivity (Wildman–Crippen MR) is 80.3 cm³/mol. The van der Waals surface area contributed by atoms with Gasteiger partial charge in [-0.2, -0.15) is 4.31 Å². The Hall–Kier alpha value is -1.14. The van der Waals surface area contributed by atoms with Crippen molar-refractivity contribution < 1.29 is 17.5 Å². The zero-order valence-electron chi connectivity index (χ0n) is 12.9. The lowest BCUT2D eigenvalue weighted by molar-refractivity contribution is 0.0508. The van der Waals surface area contributed by atoms with Gasteiger partial charge in [0.25, 0.3) is 0 Å². The van der Waals surface area contributed by atoms with Crippen molar-refractivity contribution in [3.8, 4) is 5.75 Å². The number of ether oxygens (including phenoxy) is 1. The Kier molecular flexibility index (Phi) is 4.31. The van der Waals surface area contributed by atoms with Crippen molar-refractivity contribution in [2.24, 2.45) is 0 Å². The van der Waals surface area contributed by atoms with Crippen LogP contribution in [-0.2, 0) is 10.0 Å². The first-order chi connectivity index (χ1) is 9.70. The van der Waals surface area contributed by atoms with E-state index in [9.17, 15) is 12.8 Å². The molecule has 1 aromatic rings. The van der Waals surface area contributed by atoms with Crippen LogP contribution in [0.5, 0.6) is 5.75 Å². The highest BCUT2D eigenvalue weighted by Gasteiger charge is 2.40. The quantitative estimate of drug-likeness (QED) is 0.858. The molecular formula is C15H22FNO3S. The lowest BCUT2D eigenvalue weighted by atomic mass is 9.89. The van der Waals surface area contributed by atoms with E-state index < -0.39 is 21.7 Å². The standard InChI is InChI=1S/C15H22FNO3S/c1-5-17(21(18,19)6-2)13-10-15(3,4)20-14-8-7-11(16)9-12(13)14/h7-9,13H,5-6,10H2,1-4H3. The monoisotopic (exact) mass is 315 g/mol. The number of benzene rings is 1. The van der Waals surface area contributed by atoms with E-state index in [4.69, 9.17) is 4.74 Å². The van der Waals surface area contributed by atoms with Crippen molar-refractivity contribution in [1.82, 2.24) is 4.31 Å². The van der Waals surface area contributed by atoms with Gasteiger partial charge in [0.1, 0.15) is 17.2 Å². The van der Waals surface area contributed by atoms with Crippen LogP contribution in [-0.4, -0.2) is 30.6 Å². The first-order valence-electron chi connectivity index (χ1n) is 7.18. The van der Waals surface area contributed by atoms with Crippen LogP contribution < -0.4 is 4.74 Å². The fraction of sp³-hybridized carbons (Fsp3) is 0.600. The summed E-state index contributed by atoms with van der Waals surface area (Å²) in [5.41, 5.74) is 0.111. The average Bonchev–Trinajstić information content (AvgIpc) is 2.39. The first-order valence-corrected chi connectivity index (χ1v) is 8.79. The minimum absolute atomic E-state index is 0.0310. The minimum atomic E-state index is -3.36. The van der Waals surface area contributed by atoms with Gasteiger partial charge >= 0.3 is 0 Å². The summed E-state index contributed by atoms with van der Waals surface area (Å²) in [5.74, 6) is 0.206. The largest absolute Gasteiger partial charge is 0.487 e. The third-order valence-electron chi connectivity index (χ3n) is 3.78. The summed E-state index contributed by atoms with van der Waals surface area (Å²) in [6.45, 7) is 7.61. The van der Waals surface area contributed by atoms with Gasteiger partial charge in [0.15, 0.2) is 0 Å². The minimum Gasteiger partial charge on any atom is -0.487 e. The van der Waals surface area contributed by atoms with Crippen LogP contribution in [0, 0.1) is 5.82 Å². The van der Waals surface area contributed by atoms with Gasteiger partial charge in [-0.15, -0.1) is 0 Å². The lowest BCUT2D eigenvalue weighted by Gasteiger charge is -2.41. The molecule has 1 atom stereocenters. The van der Waals surface area contributed by atoms with Gasteiger partial charge in [-0.25, -0.2) is 12.8 Å². The van der Waals surface area contributed by atoms with Crippen LogP contribution >= 0.6 is 0 Å². The van der Waals surface area contributed by atoms with Gasteiger partial charge in [-0.05, 0) is 39.0 Å². The fourth-order valence-corrected chi connectivity index (χ4v) is 4.12. The molecule has 1 aromatic carbocycles. The third-order valence-corrected chi connectivity index (χ3v) is 5.74. The van der Waals surface area contributed by atoms with Crippen LogP contribution in [0.25, 0.3) is 0 Å². The van der Waals surface area contributed by atoms with E-state index in [0.29, 0.717) is 24.3 Å². The summed E-state index contributed by atoms with van der Waals surface area (Å²) < 4.78 is 45.5. The molecule has 0 N–H and O–H groups in total. The zero-order valence-corrected chi connectivity index (χ0v) is 13.7. The number of nitrogens with zero attached hydrogens (tertiary/aromatic N) is 1. The molecule has 0 amide bonds. The predicted octanol–water partition coefficient (Wildman–Crippen LogP) is 3.10. The second-order valence-electron chi connectivity index (χ2n) is 5.87. The molecule has 0 bridgehead atoms. The molecule has 0 saturated carbocycles. The SMILES string of the molecule is CCN(C1CC(C)(C)Oc2ccc(F)cc21)S(=O)(=O)CC. The van der Waals surface area contributed by atoms with Gasteiger partial charge in [-0.3, -0.25) is 0 Å². The Bertz CT molecular complexity index is 628. The molecule has 1 heterocycles. The lowest BCUT2D eigenvalue weighted by Crippen LogP contribution is -2.44. The van der Waals surface area contributed by atoms with Crippen LogP contribution in [0.3, 0.4) is 0 Å². The number of hydrogen-bond donors (Lipinski definition) is 0. The zero-order chi connectivity index (χ0) is 15.8. The highest BCUT2D eigenvalue weighted by atomic mass is 32.2. The van der Waals surface area contributed by atoms with E-state index >= 15 is 0 Å². The fourth-order valence-electron chi connectivity index (χ4n) is 2.82. The first kappa shape index (κ1) is 16.2. The van der Waals surface area contributed by atoms with Gasteiger partial charge in [0.05, 0.1) is 11.8 Å². The summed E-state index contributed by atoms with van der Waals surface area (Å²) >= 11 is 0. The summed E-state index contributed by atoms with van der Waals surface area (Å²) in [4.78, 5) is 0. The van der Waals surface area contributed by atoms with E-state index in [-0.39, 0.29) is 11.6 Å². The second kappa shape index (κ2) is 5.57. The van der Waals surface area contributed by atoms with Crippen molar-refractivity contribution in [1.29, 1.82) is 0 Å². The molecule has 1 aliphatic rings. The van der Waals surface area contributed by atoms with Crippen LogP contribution in [0.15, 0.2) is 18.2 Å². The molecule has 0 spiro atoms. The molecule has 0 aromatic heterocycles. The Morgan fingerprint density at radius 3 is 2.62 bits per heavy atom. The number of halogens is 1. The van der Waals surface area contributed by atoms with Gasteiger partial charge in [0, 0.05) is 18.5 Å². The second-order valence-corrected chi connectivity index (χ2v) is 8.08. The maximum absolute atomic E-state index is 13.6. The average molecular weight is 315 g/mol. The summed E-state index contributed by atoms with van der Waals surface area (Å²) in [6, 6.07) is 3.89. The molecule has 4 nitrogen and oxygen atoms in total. The van der Waals surface area contributed by atoms with Crippen LogP contribution in [0.2, 0.25) is 0 Å². The van der Waals surface area contributed by atoms with Crippen molar-refractivity contribution in [3.05, 3.63) is 29.6 Å². The third kappa shape index (κ3) is 3.21. The number of sulfonamides is 1. The van der Waals surface area contributed by atoms with Crippen LogP contribution in [0.4, 0.5) is 4.39 Å². The van der Waals surface area contributed by atoms with Crippen molar-refractivity contribution in [3.63, 3.8) is 0 Å². The van der Waals surface area contributed by atoms with Crippen molar-refractivity contribution in [2.45, 2.75) is 45.8 Å². The van der Waals surface area contributed by atoms with Gasteiger partial charge in [0.2, 0.25) is 10.0 Å². The summed E-state index contributed by atoms with van der Waals surface area (Å²) in [6.07, 6.45) is 0.497. The molecule has 2 rings (SSSR count). The molecule has 21 heavy (non-hydrogen) atoms.